The van der Waals surface area contributed by atoms with Gasteiger partial charge in [-0.15, -0.1) is 0 Å². The molecular weight excluding hydrogens is 231 g/mol. The molecule has 0 radical (unpaired) electrons. The summed E-state index contributed by atoms with van der Waals surface area (Å²) in [6.07, 6.45) is -3.40. The van der Waals surface area contributed by atoms with Crippen LogP contribution in [0.25, 0.3) is 0 Å². The van der Waals surface area contributed by atoms with Crippen LogP contribution in [0, 0.1) is 5.82 Å². The van der Waals surface area contributed by atoms with Gasteiger partial charge in [-0.1, -0.05) is 6.07 Å². The van der Waals surface area contributed by atoms with Crippen LogP contribution in [0.15, 0.2) is 18.2 Å². The lowest BCUT2D eigenvalue weighted by molar-refractivity contribution is -0.136. The fourth-order valence-electron chi connectivity index (χ4n) is 1.47. The minimum atomic E-state index is -1.52. The first-order valence-electron chi connectivity index (χ1n) is 4.92. The van der Waals surface area contributed by atoms with E-state index in [4.69, 9.17) is 10.2 Å². The van der Waals surface area contributed by atoms with Crippen LogP contribution in [-0.2, 0) is 11.2 Å². The summed E-state index contributed by atoms with van der Waals surface area (Å²) in [7, 11) is 0. The summed E-state index contributed by atoms with van der Waals surface area (Å²) < 4.78 is 13.0. The summed E-state index contributed by atoms with van der Waals surface area (Å²) in [5.41, 5.74) is 0.160. The molecule has 94 valence electrons. The molecule has 1 aromatic carbocycles. The van der Waals surface area contributed by atoms with Gasteiger partial charge in [-0.05, 0) is 23.3 Å². The molecule has 0 aliphatic carbocycles. The van der Waals surface area contributed by atoms with Crippen LogP contribution in [-0.4, -0.2) is 39.1 Å². The molecule has 1 aromatic rings. The normalized spacial score (nSPS) is 14.4. The van der Waals surface area contributed by atoms with Gasteiger partial charge >= 0.3 is 5.97 Å². The highest BCUT2D eigenvalue weighted by atomic mass is 19.1. The average Bonchev–Trinajstić information content (AvgIpc) is 2.29. The van der Waals surface area contributed by atoms with Crippen molar-refractivity contribution in [2.75, 3.05) is 6.61 Å². The number of hydrogen-bond donors (Lipinski definition) is 4. The third kappa shape index (κ3) is 3.48. The average molecular weight is 244 g/mol. The number of carboxylic acid groups (broad SMARTS) is 1. The summed E-state index contributed by atoms with van der Waals surface area (Å²) in [4.78, 5) is 10.6. The molecule has 4 N–H and O–H groups in total. The molecule has 17 heavy (non-hydrogen) atoms. The van der Waals surface area contributed by atoms with E-state index in [2.05, 4.69) is 0 Å². The molecule has 0 spiro atoms. The third-order valence-electron chi connectivity index (χ3n) is 2.32. The Hall–Kier alpha value is -1.50. The third-order valence-corrected chi connectivity index (χ3v) is 2.32. The number of aliphatic hydroxyl groups is 3. The Kier molecular flexibility index (Phi) is 4.56. The quantitative estimate of drug-likeness (QED) is 0.577. The summed E-state index contributed by atoms with van der Waals surface area (Å²) in [6, 6.07) is 3.24. The molecule has 6 heteroatoms. The molecule has 1 rings (SSSR count). The van der Waals surface area contributed by atoms with Gasteiger partial charge in [0.25, 0.3) is 0 Å². The zero-order valence-electron chi connectivity index (χ0n) is 8.88. The molecular formula is C11H13FO5. The second kappa shape index (κ2) is 5.72. The summed E-state index contributed by atoms with van der Waals surface area (Å²) in [6.45, 7) is -0.704. The van der Waals surface area contributed by atoms with Crippen molar-refractivity contribution in [1.82, 2.24) is 0 Å². The van der Waals surface area contributed by atoms with Crippen molar-refractivity contribution in [1.29, 1.82) is 0 Å². The van der Waals surface area contributed by atoms with Crippen molar-refractivity contribution in [2.24, 2.45) is 0 Å². The van der Waals surface area contributed by atoms with Gasteiger partial charge in [0.05, 0.1) is 13.0 Å². The molecule has 0 fully saturated rings. The fraction of sp³-hybridized carbons (Fsp3) is 0.364. The van der Waals surface area contributed by atoms with Gasteiger partial charge in [0.2, 0.25) is 0 Å². The van der Waals surface area contributed by atoms with Gasteiger partial charge in [0, 0.05) is 0 Å². The van der Waals surface area contributed by atoms with E-state index < -0.39 is 37.0 Å². The van der Waals surface area contributed by atoms with E-state index in [0.29, 0.717) is 0 Å². The van der Waals surface area contributed by atoms with Crippen molar-refractivity contribution >= 4 is 5.97 Å². The Morgan fingerprint density at radius 3 is 2.53 bits per heavy atom. The molecule has 0 saturated carbocycles. The van der Waals surface area contributed by atoms with E-state index in [0.717, 1.165) is 12.1 Å². The van der Waals surface area contributed by atoms with E-state index in [1.807, 2.05) is 0 Å². The summed E-state index contributed by atoms with van der Waals surface area (Å²) in [5.74, 6) is -1.79. The summed E-state index contributed by atoms with van der Waals surface area (Å²) >= 11 is 0. The van der Waals surface area contributed by atoms with Crippen molar-refractivity contribution in [2.45, 2.75) is 18.6 Å². The van der Waals surface area contributed by atoms with Crippen LogP contribution >= 0.6 is 0 Å². The maximum Gasteiger partial charge on any atom is 0.307 e. The Balaban J connectivity index is 3.10. The minimum absolute atomic E-state index is 0.0334. The molecule has 0 aromatic heterocycles. The first-order chi connectivity index (χ1) is 7.95. The van der Waals surface area contributed by atoms with Gasteiger partial charge in [-0.2, -0.15) is 0 Å². The van der Waals surface area contributed by atoms with Crippen LogP contribution < -0.4 is 0 Å². The van der Waals surface area contributed by atoms with E-state index in [-0.39, 0.29) is 11.1 Å². The number of hydrogen-bond acceptors (Lipinski definition) is 4. The van der Waals surface area contributed by atoms with Gasteiger partial charge in [0.15, 0.2) is 0 Å². The molecule has 0 amide bonds. The Morgan fingerprint density at radius 1 is 1.35 bits per heavy atom. The van der Waals surface area contributed by atoms with Crippen molar-refractivity contribution in [3.63, 3.8) is 0 Å². The molecule has 0 saturated heterocycles. The van der Waals surface area contributed by atoms with Gasteiger partial charge in [-0.3, -0.25) is 4.79 Å². The van der Waals surface area contributed by atoms with Crippen LogP contribution in [0.3, 0.4) is 0 Å². The molecule has 5 nitrogen and oxygen atoms in total. The SMILES string of the molecule is O=C(O)Cc1ccc(F)cc1C(O)C(O)CO. The number of rotatable bonds is 5. The minimum Gasteiger partial charge on any atom is -0.481 e. The van der Waals surface area contributed by atoms with Crippen LogP contribution in [0.5, 0.6) is 0 Å². The zero-order valence-corrected chi connectivity index (χ0v) is 8.88. The predicted molar refractivity (Wildman–Crippen MR) is 55.8 cm³/mol. The van der Waals surface area contributed by atoms with E-state index >= 15 is 0 Å². The van der Waals surface area contributed by atoms with Crippen molar-refractivity contribution < 1.29 is 29.6 Å². The lowest BCUT2D eigenvalue weighted by Gasteiger charge is -2.18. The first-order valence-corrected chi connectivity index (χ1v) is 4.92. The van der Waals surface area contributed by atoms with Gasteiger partial charge < -0.3 is 20.4 Å². The molecule has 0 aliphatic rings. The number of aliphatic hydroxyl groups excluding tert-OH is 3. The first kappa shape index (κ1) is 13.6. The van der Waals surface area contributed by atoms with E-state index in [1.54, 1.807) is 0 Å². The highest BCUT2D eigenvalue weighted by Crippen LogP contribution is 2.23. The van der Waals surface area contributed by atoms with Gasteiger partial charge in [-0.25, -0.2) is 4.39 Å². The lowest BCUT2D eigenvalue weighted by atomic mass is 9.97. The Labute approximate surface area is 96.8 Å². The second-order valence-electron chi connectivity index (χ2n) is 3.61. The van der Waals surface area contributed by atoms with Crippen LogP contribution in [0.1, 0.15) is 17.2 Å². The van der Waals surface area contributed by atoms with Crippen LogP contribution in [0.4, 0.5) is 4.39 Å². The molecule has 0 bridgehead atoms. The zero-order chi connectivity index (χ0) is 13.0. The van der Waals surface area contributed by atoms with Crippen LogP contribution in [0.2, 0.25) is 0 Å². The van der Waals surface area contributed by atoms with Crippen molar-refractivity contribution in [3.05, 3.63) is 35.1 Å². The highest BCUT2D eigenvalue weighted by molar-refractivity contribution is 5.70. The molecule has 2 unspecified atom stereocenters. The Morgan fingerprint density at radius 2 is 2.00 bits per heavy atom. The monoisotopic (exact) mass is 244 g/mol. The van der Waals surface area contributed by atoms with E-state index in [9.17, 15) is 19.4 Å². The number of halogens is 1. The smallest absolute Gasteiger partial charge is 0.307 e. The molecule has 2 atom stereocenters. The largest absolute Gasteiger partial charge is 0.481 e. The number of aliphatic carboxylic acids is 1. The summed E-state index contributed by atoms with van der Waals surface area (Å²) in [5, 5.41) is 36.2. The standard InChI is InChI=1S/C11H13FO5/c12-7-2-1-6(3-10(15)16)8(4-7)11(17)9(14)5-13/h1-2,4,9,11,13-14,17H,3,5H2,(H,15,16). The highest BCUT2D eigenvalue weighted by Gasteiger charge is 2.21. The predicted octanol–water partition coefficient (Wildman–Crippen LogP) is -0.161. The topological polar surface area (TPSA) is 98.0 Å². The van der Waals surface area contributed by atoms with Gasteiger partial charge in [0.1, 0.15) is 18.0 Å². The number of carbonyl (C=O) groups is 1. The molecule has 0 heterocycles. The molecule has 0 aliphatic heterocycles. The lowest BCUT2D eigenvalue weighted by Crippen LogP contribution is -2.23. The van der Waals surface area contributed by atoms with Crippen molar-refractivity contribution in [3.8, 4) is 0 Å². The maximum atomic E-state index is 13.0. The second-order valence-corrected chi connectivity index (χ2v) is 3.61. The van der Waals surface area contributed by atoms with E-state index in [1.165, 1.54) is 6.07 Å². The maximum absolute atomic E-state index is 13.0. The number of benzene rings is 1. The fourth-order valence-corrected chi connectivity index (χ4v) is 1.47. The Bertz CT molecular complexity index is 407. The number of carboxylic acids is 1.